The van der Waals surface area contributed by atoms with E-state index in [4.69, 9.17) is 0 Å². The molecule has 0 atom stereocenters. The Hall–Kier alpha value is -3.99. The first-order chi connectivity index (χ1) is 15.1. The molecule has 1 heterocycles. The Labute approximate surface area is 180 Å². The normalized spacial score (nSPS) is 11.2. The van der Waals surface area contributed by atoms with Crippen molar-refractivity contribution in [3.8, 4) is 5.69 Å². The van der Waals surface area contributed by atoms with Gasteiger partial charge < -0.3 is 5.32 Å². The van der Waals surface area contributed by atoms with Crippen LogP contribution in [-0.4, -0.2) is 20.9 Å². The van der Waals surface area contributed by atoms with E-state index >= 15 is 0 Å². The zero-order chi connectivity index (χ0) is 21.4. The number of aromatic nitrogens is 3. The van der Waals surface area contributed by atoms with Gasteiger partial charge in [-0.15, -0.1) is 10.2 Å². The van der Waals surface area contributed by atoms with Crippen LogP contribution in [0.1, 0.15) is 28.4 Å². The van der Waals surface area contributed by atoms with Crippen molar-refractivity contribution in [3.05, 3.63) is 95.6 Å². The molecular formula is C26H22N4O. The van der Waals surface area contributed by atoms with Gasteiger partial charge in [-0.25, -0.2) is 0 Å². The first-order valence-electron chi connectivity index (χ1n) is 10.4. The van der Waals surface area contributed by atoms with Crippen LogP contribution in [0.15, 0.2) is 78.9 Å². The summed E-state index contributed by atoms with van der Waals surface area (Å²) >= 11 is 0. The third-order valence-electron chi connectivity index (χ3n) is 5.56. The van der Waals surface area contributed by atoms with Gasteiger partial charge in [0.15, 0.2) is 0 Å². The molecule has 4 aromatic carbocycles. The highest BCUT2D eigenvalue weighted by molar-refractivity contribution is 6.07. The molecule has 5 nitrogen and oxygen atoms in total. The van der Waals surface area contributed by atoms with Crippen molar-refractivity contribution in [2.45, 2.75) is 20.3 Å². The smallest absolute Gasteiger partial charge is 0.255 e. The third-order valence-corrected chi connectivity index (χ3v) is 5.56. The molecule has 0 saturated heterocycles. The molecule has 5 aromatic rings. The molecule has 0 fully saturated rings. The van der Waals surface area contributed by atoms with Crippen LogP contribution in [0.25, 0.3) is 27.5 Å². The van der Waals surface area contributed by atoms with E-state index < -0.39 is 0 Å². The predicted octanol–water partition coefficient (Wildman–Crippen LogP) is 5.70. The van der Waals surface area contributed by atoms with Gasteiger partial charge in [-0.05, 0) is 71.6 Å². The minimum absolute atomic E-state index is 0.143. The van der Waals surface area contributed by atoms with Crippen molar-refractivity contribution < 1.29 is 4.79 Å². The summed E-state index contributed by atoms with van der Waals surface area (Å²) in [6.45, 7) is 4.09. The van der Waals surface area contributed by atoms with E-state index in [1.165, 1.54) is 5.56 Å². The number of hydrogen-bond acceptors (Lipinski definition) is 3. The van der Waals surface area contributed by atoms with Gasteiger partial charge in [-0.2, -0.15) is 4.80 Å². The monoisotopic (exact) mass is 406 g/mol. The Morgan fingerprint density at radius 1 is 0.871 bits per heavy atom. The summed E-state index contributed by atoms with van der Waals surface area (Å²) in [6.07, 6.45) is 0.994. The number of rotatable bonds is 4. The van der Waals surface area contributed by atoms with E-state index in [0.29, 0.717) is 5.56 Å². The number of carbonyl (C=O) groups is 1. The number of aryl methyl sites for hydroxylation is 2. The van der Waals surface area contributed by atoms with Gasteiger partial charge >= 0.3 is 0 Å². The van der Waals surface area contributed by atoms with E-state index in [-0.39, 0.29) is 5.91 Å². The number of fused-ring (bicyclic) bond motifs is 2. The molecule has 0 aliphatic carbocycles. The maximum absolute atomic E-state index is 12.9. The molecule has 0 aliphatic rings. The van der Waals surface area contributed by atoms with Gasteiger partial charge in [0.25, 0.3) is 5.91 Å². The third kappa shape index (κ3) is 3.66. The molecule has 0 bridgehead atoms. The highest BCUT2D eigenvalue weighted by Gasteiger charge is 2.12. The zero-order valence-corrected chi connectivity index (χ0v) is 17.5. The number of carbonyl (C=O) groups excluding carboxylic acids is 1. The predicted molar refractivity (Wildman–Crippen MR) is 125 cm³/mol. The Bertz CT molecular complexity index is 1420. The lowest BCUT2D eigenvalue weighted by molar-refractivity contribution is 0.102. The molecule has 1 amide bonds. The van der Waals surface area contributed by atoms with Gasteiger partial charge in [-0.1, -0.05) is 49.4 Å². The first-order valence-corrected chi connectivity index (χ1v) is 10.4. The van der Waals surface area contributed by atoms with Crippen LogP contribution in [0, 0.1) is 6.92 Å². The summed E-state index contributed by atoms with van der Waals surface area (Å²) < 4.78 is 0. The minimum Gasteiger partial charge on any atom is -0.322 e. The van der Waals surface area contributed by atoms with Crippen molar-refractivity contribution in [3.63, 3.8) is 0 Å². The van der Waals surface area contributed by atoms with E-state index in [9.17, 15) is 4.79 Å². The molecule has 5 rings (SSSR count). The number of hydrogen-bond donors (Lipinski definition) is 1. The maximum Gasteiger partial charge on any atom is 0.255 e. The molecule has 31 heavy (non-hydrogen) atoms. The highest BCUT2D eigenvalue weighted by Crippen LogP contribution is 2.24. The fraction of sp³-hybridized carbons (Fsp3) is 0.115. The lowest BCUT2D eigenvalue weighted by Crippen LogP contribution is -2.12. The van der Waals surface area contributed by atoms with Crippen molar-refractivity contribution in [2.75, 3.05) is 5.32 Å². The second kappa shape index (κ2) is 7.69. The summed E-state index contributed by atoms with van der Waals surface area (Å²) in [6, 6.07) is 25.8. The van der Waals surface area contributed by atoms with E-state index in [1.807, 2.05) is 73.7 Å². The minimum atomic E-state index is -0.143. The van der Waals surface area contributed by atoms with Crippen molar-refractivity contribution in [1.29, 1.82) is 0 Å². The largest absolute Gasteiger partial charge is 0.322 e. The number of anilines is 1. The number of benzene rings is 4. The second-order valence-corrected chi connectivity index (χ2v) is 7.68. The lowest BCUT2D eigenvalue weighted by atomic mass is 10.1. The van der Waals surface area contributed by atoms with Crippen molar-refractivity contribution in [2.24, 2.45) is 0 Å². The average molecular weight is 406 g/mol. The number of amides is 1. The summed E-state index contributed by atoms with van der Waals surface area (Å²) in [5.41, 5.74) is 6.01. The summed E-state index contributed by atoms with van der Waals surface area (Å²) in [5.74, 6) is -0.143. The Balaban J connectivity index is 1.44. The molecule has 0 radical (unpaired) electrons. The second-order valence-electron chi connectivity index (χ2n) is 7.68. The number of nitrogens with zero attached hydrogens (tertiary/aromatic N) is 3. The summed E-state index contributed by atoms with van der Waals surface area (Å²) in [4.78, 5) is 14.5. The van der Waals surface area contributed by atoms with Crippen molar-refractivity contribution in [1.82, 2.24) is 15.0 Å². The van der Waals surface area contributed by atoms with Crippen molar-refractivity contribution >= 4 is 33.4 Å². The molecule has 5 heteroatoms. The topological polar surface area (TPSA) is 59.8 Å². The van der Waals surface area contributed by atoms with E-state index in [2.05, 4.69) is 34.6 Å². The summed E-state index contributed by atoms with van der Waals surface area (Å²) in [7, 11) is 0. The quantitative estimate of drug-likeness (QED) is 0.417. The Kier molecular flexibility index (Phi) is 4.71. The summed E-state index contributed by atoms with van der Waals surface area (Å²) in [5, 5.41) is 14.4. The van der Waals surface area contributed by atoms with Crippen LogP contribution < -0.4 is 5.32 Å². The average Bonchev–Trinajstić information content (AvgIpc) is 3.21. The van der Waals surface area contributed by atoms with Crippen LogP contribution in [0.2, 0.25) is 0 Å². The number of nitrogens with one attached hydrogen (secondary N) is 1. The standard InChI is InChI=1S/C26H22N4O/c1-3-18-8-12-22(13-9-18)30-28-24-14-17(2)23(16-25(24)29-30)27-26(31)21-11-10-19-6-4-5-7-20(19)15-21/h4-16H,3H2,1-2H3,(H,27,31). The first kappa shape index (κ1) is 19.0. The van der Waals surface area contributed by atoms with Gasteiger partial charge in [0.1, 0.15) is 11.0 Å². The molecule has 1 N–H and O–H groups in total. The van der Waals surface area contributed by atoms with Gasteiger partial charge in [0.2, 0.25) is 0 Å². The molecule has 0 aliphatic heterocycles. The van der Waals surface area contributed by atoms with Gasteiger partial charge in [0, 0.05) is 11.3 Å². The molecular weight excluding hydrogens is 384 g/mol. The molecule has 0 spiro atoms. The van der Waals surface area contributed by atoms with Crippen LogP contribution in [0.3, 0.4) is 0 Å². The van der Waals surface area contributed by atoms with Crippen LogP contribution in [0.5, 0.6) is 0 Å². The van der Waals surface area contributed by atoms with E-state index in [0.717, 1.165) is 45.2 Å². The molecule has 0 saturated carbocycles. The fourth-order valence-corrected chi connectivity index (χ4v) is 3.71. The fourth-order valence-electron chi connectivity index (χ4n) is 3.71. The maximum atomic E-state index is 12.9. The molecule has 152 valence electrons. The molecule has 0 unspecified atom stereocenters. The Morgan fingerprint density at radius 3 is 2.32 bits per heavy atom. The lowest BCUT2D eigenvalue weighted by Gasteiger charge is -2.09. The van der Waals surface area contributed by atoms with E-state index in [1.54, 1.807) is 4.80 Å². The zero-order valence-electron chi connectivity index (χ0n) is 17.5. The SMILES string of the molecule is CCc1ccc(-n2nc3cc(C)c(NC(=O)c4ccc5ccccc5c4)cc3n2)cc1. The van der Waals surface area contributed by atoms with Gasteiger partial charge in [0.05, 0.1) is 5.69 Å². The van der Waals surface area contributed by atoms with Crippen LogP contribution in [0.4, 0.5) is 5.69 Å². The Morgan fingerprint density at radius 2 is 1.58 bits per heavy atom. The van der Waals surface area contributed by atoms with Crippen LogP contribution >= 0.6 is 0 Å². The van der Waals surface area contributed by atoms with Crippen LogP contribution in [-0.2, 0) is 6.42 Å². The molecule has 1 aromatic heterocycles. The highest BCUT2D eigenvalue weighted by atomic mass is 16.1. The van der Waals surface area contributed by atoms with Gasteiger partial charge in [-0.3, -0.25) is 4.79 Å².